The van der Waals surface area contributed by atoms with E-state index in [9.17, 15) is 9.90 Å². The minimum Gasteiger partial charge on any atom is -0.511 e. The van der Waals surface area contributed by atoms with Gasteiger partial charge >= 0.3 is 0 Å². The Hall–Kier alpha value is -2.59. The molecule has 2 heterocycles. The van der Waals surface area contributed by atoms with E-state index < -0.39 is 0 Å². The van der Waals surface area contributed by atoms with Gasteiger partial charge in [0.2, 0.25) is 0 Å². The van der Waals surface area contributed by atoms with Crippen molar-refractivity contribution >= 4 is 11.4 Å². The summed E-state index contributed by atoms with van der Waals surface area (Å²) in [4.78, 5) is 13.4. The molecule has 2 fully saturated rings. The molecule has 2 aromatic carbocycles. The van der Waals surface area contributed by atoms with Gasteiger partial charge in [0.25, 0.3) is 0 Å². The quantitative estimate of drug-likeness (QED) is 0.828. The molecule has 5 atom stereocenters. The predicted octanol–water partition coefficient (Wildman–Crippen LogP) is 4.66. The number of hydrogen-bond acceptors (Lipinski definition) is 4. The SMILES string of the molecule is COc1ccc([C@@H]2C[C@@H]3OC2[C@H]2C(O)=C(c4c(C)cc(C)cc4C)C(=O)[C@@H]32)cc1. The van der Waals surface area contributed by atoms with Gasteiger partial charge < -0.3 is 14.6 Å². The molecular formula is C25H26O4. The van der Waals surface area contributed by atoms with Crippen LogP contribution in [-0.2, 0) is 9.53 Å². The van der Waals surface area contributed by atoms with E-state index in [2.05, 4.69) is 31.2 Å². The van der Waals surface area contributed by atoms with Crippen molar-refractivity contribution in [1.29, 1.82) is 0 Å². The second kappa shape index (κ2) is 6.46. The molecule has 0 radical (unpaired) electrons. The number of benzene rings is 2. The lowest BCUT2D eigenvalue weighted by molar-refractivity contribution is -0.118. The number of aryl methyl sites for hydroxylation is 3. The Bertz CT molecular complexity index is 1010. The van der Waals surface area contributed by atoms with Crippen molar-refractivity contribution in [2.75, 3.05) is 7.11 Å². The van der Waals surface area contributed by atoms with Crippen LogP contribution >= 0.6 is 0 Å². The average molecular weight is 390 g/mol. The average Bonchev–Trinajstić information content (AvgIpc) is 3.34. The van der Waals surface area contributed by atoms with Crippen LogP contribution in [0.4, 0.5) is 0 Å². The smallest absolute Gasteiger partial charge is 0.173 e. The first-order chi connectivity index (χ1) is 13.9. The highest BCUT2D eigenvalue weighted by Gasteiger charge is 2.62. The first kappa shape index (κ1) is 18.4. The lowest BCUT2D eigenvalue weighted by Crippen LogP contribution is -2.33. The zero-order valence-electron chi connectivity index (χ0n) is 17.2. The van der Waals surface area contributed by atoms with Gasteiger partial charge in [-0.3, -0.25) is 4.79 Å². The van der Waals surface area contributed by atoms with E-state index in [1.54, 1.807) is 7.11 Å². The summed E-state index contributed by atoms with van der Waals surface area (Å²) in [5.41, 5.74) is 5.83. The summed E-state index contributed by atoms with van der Waals surface area (Å²) in [6, 6.07) is 12.2. The second-order valence-electron chi connectivity index (χ2n) is 8.70. The van der Waals surface area contributed by atoms with Gasteiger partial charge in [0, 0.05) is 5.92 Å². The number of ketones is 1. The van der Waals surface area contributed by atoms with Gasteiger partial charge in [-0.05, 0) is 61.6 Å². The number of allylic oxidation sites excluding steroid dienone is 1. The predicted molar refractivity (Wildman–Crippen MR) is 111 cm³/mol. The molecule has 4 nitrogen and oxygen atoms in total. The van der Waals surface area contributed by atoms with Gasteiger partial charge in [0.05, 0.1) is 36.7 Å². The molecule has 2 saturated heterocycles. The van der Waals surface area contributed by atoms with Crippen LogP contribution in [0.5, 0.6) is 5.75 Å². The summed E-state index contributed by atoms with van der Waals surface area (Å²) in [6.45, 7) is 6.08. The van der Waals surface area contributed by atoms with E-state index in [0.29, 0.717) is 5.57 Å². The Morgan fingerprint density at radius 2 is 1.69 bits per heavy atom. The van der Waals surface area contributed by atoms with Gasteiger partial charge in [-0.1, -0.05) is 29.8 Å². The number of carbonyl (C=O) groups is 1. The Labute approximate surface area is 171 Å². The second-order valence-corrected chi connectivity index (χ2v) is 8.70. The van der Waals surface area contributed by atoms with Crippen LogP contribution in [0, 0.1) is 32.6 Å². The molecular weight excluding hydrogens is 364 g/mol. The maximum atomic E-state index is 13.4. The van der Waals surface area contributed by atoms with Gasteiger partial charge in [-0.25, -0.2) is 0 Å². The lowest BCUT2D eigenvalue weighted by Gasteiger charge is -2.27. The zero-order chi connectivity index (χ0) is 20.4. The van der Waals surface area contributed by atoms with Crippen molar-refractivity contribution in [1.82, 2.24) is 0 Å². The van der Waals surface area contributed by atoms with Crippen LogP contribution in [0.2, 0.25) is 0 Å². The molecule has 1 unspecified atom stereocenters. The van der Waals surface area contributed by atoms with Gasteiger partial charge in [0.1, 0.15) is 11.5 Å². The summed E-state index contributed by atoms with van der Waals surface area (Å²) in [5.74, 6) is 0.765. The third-order valence-corrected chi connectivity index (χ3v) is 6.95. The fourth-order valence-corrected chi connectivity index (χ4v) is 5.86. The van der Waals surface area contributed by atoms with Crippen molar-refractivity contribution in [3.63, 3.8) is 0 Å². The molecule has 1 aliphatic carbocycles. The largest absolute Gasteiger partial charge is 0.511 e. The third kappa shape index (κ3) is 2.58. The number of hydrogen-bond donors (Lipinski definition) is 1. The van der Waals surface area contributed by atoms with Crippen molar-refractivity contribution in [2.45, 2.75) is 45.3 Å². The van der Waals surface area contributed by atoms with Crippen LogP contribution in [0.3, 0.4) is 0 Å². The lowest BCUT2D eigenvalue weighted by atomic mass is 9.72. The molecule has 5 rings (SSSR count). The molecule has 2 bridgehead atoms. The molecule has 0 aromatic heterocycles. The molecule has 0 spiro atoms. The van der Waals surface area contributed by atoms with Gasteiger partial charge in [0.15, 0.2) is 5.78 Å². The normalized spacial score (nSPS) is 30.2. The summed E-state index contributed by atoms with van der Waals surface area (Å²) in [5, 5.41) is 11.2. The highest BCUT2D eigenvalue weighted by Crippen LogP contribution is 2.58. The summed E-state index contributed by atoms with van der Waals surface area (Å²) in [6.07, 6.45) is 0.525. The van der Waals surface area contributed by atoms with Crippen LogP contribution in [0.25, 0.3) is 5.57 Å². The Kier molecular flexibility index (Phi) is 4.11. The topological polar surface area (TPSA) is 55.8 Å². The van der Waals surface area contributed by atoms with Crippen LogP contribution in [-0.4, -0.2) is 30.2 Å². The standard InChI is InChI=1S/C25H26O4/c1-12-9-13(2)19(14(3)10-12)21-23(26)20-18-11-17(25(29-18)22(20)24(21)27)15-5-7-16(28-4)8-6-15/h5-10,17-18,20,22,25,27H,11H2,1-4H3/t17-,18-,20-,22+,25?/m0/s1. The van der Waals surface area contributed by atoms with E-state index in [1.165, 1.54) is 5.56 Å². The summed E-state index contributed by atoms with van der Waals surface area (Å²) < 4.78 is 11.5. The molecule has 1 N–H and O–H groups in total. The number of methoxy groups -OCH3 is 1. The molecule has 2 aliphatic heterocycles. The van der Waals surface area contributed by atoms with Crippen LogP contribution in [0.15, 0.2) is 42.2 Å². The minimum absolute atomic E-state index is 0.0447. The fraction of sp³-hybridized carbons (Fsp3) is 0.400. The van der Waals surface area contributed by atoms with E-state index in [-0.39, 0.29) is 41.5 Å². The van der Waals surface area contributed by atoms with Gasteiger partial charge in [-0.2, -0.15) is 0 Å². The van der Waals surface area contributed by atoms with Crippen LogP contribution < -0.4 is 4.74 Å². The molecule has 0 saturated carbocycles. The highest BCUT2D eigenvalue weighted by molar-refractivity contribution is 6.26. The maximum absolute atomic E-state index is 13.4. The van der Waals surface area contributed by atoms with E-state index in [4.69, 9.17) is 9.47 Å². The van der Waals surface area contributed by atoms with E-state index in [0.717, 1.165) is 34.4 Å². The molecule has 29 heavy (non-hydrogen) atoms. The number of aliphatic hydroxyl groups is 1. The summed E-state index contributed by atoms with van der Waals surface area (Å²) in [7, 11) is 1.66. The first-order valence-electron chi connectivity index (χ1n) is 10.3. The Morgan fingerprint density at radius 1 is 1.03 bits per heavy atom. The number of rotatable bonds is 3. The summed E-state index contributed by atoms with van der Waals surface area (Å²) >= 11 is 0. The molecule has 3 aliphatic rings. The zero-order valence-corrected chi connectivity index (χ0v) is 17.2. The Morgan fingerprint density at radius 3 is 2.31 bits per heavy atom. The van der Waals surface area contributed by atoms with Crippen molar-refractivity contribution in [3.05, 3.63) is 70.0 Å². The number of fused-ring (bicyclic) bond motifs is 5. The monoisotopic (exact) mass is 390 g/mol. The minimum atomic E-state index is -0.260. The van der Waals surface area contributed by atoms with Gasteiger partial charge in [-0.15, -0.1) is 0 Å². The van der Waals surface area contributed by atoms with Crippen LogP contribution in [0.1, 0.15) is 40.2 Å². The third-order valence-electron chi connectivity index (χ3n) is 6.95. The number of Topliss-reactive ketones (excluding diaryl/α,β-unsaturated/α-hetero) is 1. The molecule has 0 amide bonds. The molecule has 2 aromatic rings. The first-order valence-corrected chi connectivity index (χ1v) is 10.3. The maximum Gasteiger partial charge on any atom is 0.173 e. The molecule has 4 heteroatoms. The van der Waals surface area contributed by atoms with E-state index in [1.807, 2.05) is 26.0 Å². The Balaban J connectivity index is 1.54. The van der Waals surface area contributed by atoms with Crippen molar-refractivity contribution in [3.8, 4) is 5.75 Å². The fourth-order valence-electron chi connectivity index (χ4n) is 5.86. The number of ether oxygens (including phenoxy) is 2. The number of aliphatic hydroxyl groups excluding tert-OH is 1. The van der Waals surface area contributed by atoms with E-state index >= 15 is 0 Å². The van der Waals surface area contributed by atoms with Crippen molar-refractivity contribution < 1.29 is 19.4 Å². The number of carbonyl (C=O) groups excluding carboxylic acids is 1. The van der Waals surface area contributed by atoms with Crippen molar-refractivity contribution in [2.24, 2.45) is 11.8 Å². The highest BCUT2D eigenvalue weighted by atomic mass is 16.5. The molecule has 150 valence electrons.